The Bertz CT molecular complexity index is 595. The number of aliphatic hydroxyl groups excluding tert-OH is 1. The van der Waals surface area contributed by atoms with Crippen LogP contribution in [0.1, 0.15) is 29.4 Å². The third kappa shape index (κ3) is 3.29. The van der Waals surface area contributed by atoms with Gasteiger partial charge in [-0.2, -0.15) is 0 Å². The summed E-state index contributed by atoms with van der Waals surface area (Å²) < 4.78 is 1.03. The summed E-state index contributed by atoms with van der Waals surface area (Å²) in [6.45, 7) is 2.79. The van der Waals surface area contributed by atoms with Crippen LogP contribution >= 0.6 is 11.3 Å². The minimum atomic E-state index is -0.111. The molecule has 0 aliphatic rings. The molecular weight excluding hydrogens is 272 g/mol. The number of carbonyl (C=O) groups excluding carboxylic acids is 1. The van der Waals surface area contributed by atoms with E-state index in [1.54, 1.807) is 0 Å². The molecule has 1 unspecified atom stereocenters. The number of anilines is 1. The molecule has 0 saturated heterocycles. The zero-order chi connectivity index (χ0) is 14.5. The number of amides is 1. The van der Waals surface area contributed by atoms with Crippen molar-refractivity contribution >= 4 is 33.0 Å². The third-order valence-electron chi connectivity index (χ3n) is 3.31. The summed E-state index contributed by atoms with van der Waals surface area (Å²) in [5, 5.41) is 12.8. The molecule has 0 radical (unpaired) electrons. The molecule has 2 rings (SSSR count). The first-order chi connectivity index (χ1) is 9.63. The van der Waals surface area contributed by atoms with Gasteiger partial charge in [0, 0.05) is 23.2 Å². The minimum Gasteiger partial charge on any atom is -0.397 e. The molecule has 0 aliphatic carbocycles. The first-order valence-corrected chi connectivity index (χ1v) is 7.61. The number of aliphatic hydroxyl groups is 1. The molecule has 20 heavy (non-hydrogen) atoms. The average molecular weight is 292 g/mol. The molecule has 0 saturated carbocycles. The van der Waals surface area contributed by atoms with Gasteiger partial charge >= 0.3 is 0 Å². The van der Waals surface area contributed by atoms with E-state index in [0.717, 1.165) is 22.9 Å². The van der Waals surface area contributed by atoms with E-state index in [-0.39, 0.29) is 18.4 Å². The molecule has 108 valence electrons. The van der Waals surface area contributed by atoms with Crippen LogP contribution in [0.4, 0.5) is 5.69 Å². The average Bonchev–Trinajstić information content (AvgIpc) is 2.81. The molecule has 5 heteroatoms. The fourth-order valence-corrected chi connectivity index (χ4v) is 3.10. The molecule has 0 spiro atoms. The molecule has 0 aliphatic heterocycles. The lowest BCUT2D eigenvalue weighted by Crippen LogP contribution is -2.24. The lowest BCUT2D eigenvalue weighted by Gasteiger charge is -2.08. The van der Waals surface area contributed by atoms with Crippen LogP contribution in [0, 0.1) is 5.92 Å². The Morgan fingerprint density at radius 3 is 2.90 bits per heavy atom. The lowest BCUT2D eigenvalue weighted by atomic mass is 10.1. The number of thiophene rings is 1. The van der Waals surface area contributed by atoms with Gasteiger partial charge in [0.2, 0.25) is 0 Å². The molecule has 2 aromatic rings. The van der Waals surface area contributed by atoms with Crippen molar-refractivity contribution in [1.29, 1.82) is 0 Å². The Morgan fingerprint density at radius 2 is 2.20 bits per heavy atom. The van der Waals surface area contributed by atoms with Gasteiger partial charge in [0.05, 0.1) is 5.69 Å². The van der Waals surface area contributed by atoms with Crippen molar-refractivity contribution in [2.24, 2.45) is 5.92 Å². The molecule has 1 aromatic heterocycles. The van der Waals surface area contributed by atoms with Crippen LogP contribution in [-0.4, -0.2) is 24.2 Å². The number of benzene rings is 1. The van der Waals surface area contributed by atoms with Crippen LogP contribution in [0.15, 0.2) is 24.3 Å². The van der Waals surface area contributed by atoms with E-state index in [0.29, 0.717) is 17.1 Å². The smallest absolute Gasteiger partial charge is 0.263 e. The van der Waals surface area contributed by atoms with E-state index in [9.17, 15) is 4.79 Å². The van der Waals surface area contributed by atoms with Crippen LogP contribution in [0.3, 0.4) is 0 Å². The van der Waals surface area contributed by atoms with Gasteiger partial charge < -0.3 is 16.2 Å². The highest BCUT2D eigenvalue weighted by Crippen LogP contribution is 2.33. The van der Waals surface area contributed by atoms with Gasteiger partial charge in [0.1, 0.15) is 4.88 Å². The van der Waals surface area contributed by atoms with E-state index in [1.807, 2.05) is 31.2 Å². The van der Waals surface area contributed by atoms with E-state index in [1.165, 1.54) is 11.3 Å². The van der Waals surface area contributed by atoms with Gasteiger partial charge in [-0.3, -0.25) is 4.79 Å². The number of hydrogen-bond donors (Lipinski definition) is 3. The summed E-state index contributed by atoms with van der Waals surface area (Å²) in [5.74, 6) is 0.168. The highest BCUT2D eigenvalue weighted by Gasteiger charge is 2.15. The van der Waals surface area contributed by atoms with Crippen molar-refractivity contribution in [3.8, 4) is 0 Å². The highest BCUT2D eigenvalue weighted by molar-refractivity contribution is 7.21. The van der Waals surface area contributed by atoms with E-state index in [2.05, 4.69) is 5.32 Å². The molecule has 1 atom stereocenters. The monoisotopic (exact) mass is 292 g/mol. The molecule has 0 fully saturated rings. The number of nitrogens with two attached hydrogens (primary N) is 1. The van der Waals surface area contributed by atoms with Crippen LogP contribution < -0.4 is 11.1 Å². The van der Waals surface area contributed by atoms with Crippen molar-refractivity contribution < 1.29 is 9.90 Å². The second kappa shape index (κ2) is 6.72. The van der Waals surface area contributed by atoms with Gasteiger partial charge in [0.25, 0.3) is 5.91 Å². The summed E-state index contributed by atoms with van der Waals surface area (Å²) in [7, 11) is 0. The summed E-state index contributed by atoms with van der Waals surface area (Å²) in [6.07, 6.45) is 1.76. The largest absolute Gasteiger partial charge is 0.397 e. The predicted molar refractivity (Wildman–Crippen MR) is 84.1 cm³/mol. The normalized spacial score (nSPS) is 12.5. The number of nitrogen functional groups attached to an aromatic ring is 1. The Morgan fingerprint density at radius 1 is 1.45 bits per heavy atom. The molecule has 4 N–H and O–H groups in total. The fraction of sp³-hybridized carbons (Fsp3) is 0.400. The molecular formula is C15H20N2O2S. The first-order valence-electron chi connectivity index (χ1n) is 6.79. The van der Waals surface area contributed by atoms with Crippen LogP contribution in [0.2, 0.25) is 0 Å². The predicted octanol–water partition coefficient (Wildman–Crippen LogP) is 2.62. The second-order valence-electron chi connectivity index (χ2n) is 5.03. The summed E-state index contributed by atoms with van der Waals surface area (Å²) in [5.41, 5.74) is 6.59. The zero-order valence-corrected chi connectivity index (χ0v) is 12.4. The van der Waals surface area contributed by atoms with Crippen molar-refractivity contribution in [3.05, 3.63) is 29.1 Å². The summed E-state index contributed by atoms with van der Waals surface area (Å²) in [4.78, 5) is 12.7. The topological polar surface area (TPSA) is 75.3 Å². The van der Waals surface area contributed by atoms with Gasteiger partial charge in [-0.05, 0) is 24.8 Å². The Balaban J connectivity index is 1.96. The van der Waals surface area contributed by atoms with Crippen molar-refractivity contribution in [2.45, 2.75) is 19.8 Å². The summed E-state index contributed by atoms with van der Waals surface area (Å²) >= 11 is 1.42. The molecule has 1 amide bonds. The van der Waals surface area contributed by atoms with Crippen LogP contribution in [0.25, 0.3) is 10.1 Å². The molecule has 4 nitrogen and oxygen atoms in total. The minimum absolute atomic E-state index is 0.111. The second-order valence-corrected chi connectivity index (χ2v) is 6.08. The fourth-order valence-electron chi connectivity index (χ4n) is 2.06. The maximum Gasteiger partial charge on any atom is 0.263 e. The van der Waals surface area contributed by atoms with Crippen LogP contribution in [-0.2, 0) is 0 Å². The lowest BCUT2D eigenvalue weighted by molar-refractivity contribution is 0.0957. The number of carbonyl (C=O) groups is 1. The van der Waals surface area contributed by atoms with Crippen molar-refractivity contribution in [2.75, 3.05) is 18.9 Å². The molecule has 0 bridgehead atoms. The number of rotatable bonds is 6. The quantitative estimate of drug-likeness (QED) is 0.716. The molecule has 1 heterocycles. The van der Waals surface area contributed by atoms with Gasteiger partial charge in [-0.1, -0.05) is 25.1 Å². The van der Waals surface area contributed by atoms with Gasteiger partial charge in [-0.15, -0.1) is 11.3 Å². The Labute approximate surface area is 122 Å². The van der Waals surface area contributed by atoms with E-state index >= 15 is 0 Å². The van der Waals surface area contributed by atoms with E-state index < -0.39 is 0 Å². The SMILES string of the molecule is CC(CO)CCCNC(=O)c1sc2ccccc2c1N. The maximum absolute atomic E-state index is 12.1. The maximum atomic E-state index is 12.1. The standard InChI is InChI=1S/C15H20N2O2S/c1-10(9-18)5-4-8-17-15(19)14-13(16)11-6-2-3-7-12(11)20-14/h2-3,6-7,10,18H,4-5,8-9,16H2,1H3,(H,17,19). The van der Waals surface area contributed by atoms with Crippen LogP contribution in [0.5, 0.6) is 0 Å². The summed E-state index contributed by atoms with van der Waals surface area (Å²) in [6, 6.07) is 7.76. The third-order valence-corrected chi connectivity index (χ3v) is 4.50. The first kappa shape index (κ1) is 14.8. The van der Waals surface area contributed by atoms with Crippen molar-refractivity contribution in [1.82, 2.24) is 5.32 Å². The van der Waals surface area contributed by atoms with Gasteiger partial charge in [-0.25, -0.2) is 0 Å². The van der Waals surface area contributed by atoms with Crippen molar-refractivity contribution in [3.63, 3.8) is 0 Å². The zero-order valence-electron chi connectivity index (χ0n) is 11.6. The number of nitrogens with one attached hydrogen (secondary N) is 1. The number of hydrogen-bond acceptors (Lipinski definition) is 4. The Hall–Kier alpha value is -1.59. The highest BCUT2D eigenvalue weighted by atomic mass is 32.1. The number of fused-ring (bicyclic) bond motifs is 1. The van der Waals surface area contributed by atoms with E-state index in [4.69, 9.17) is 10.8 Å². The molecule has 1 aromatic carbocycles. The van der Waals surface area contributed by atoms with Gasteiger partial charge in [0.15, 0.2) is 0 Å². The Kier molecular flexibility index (Phi) is 4.98.